The largest absolute Gasteiger partial charge is 0.357 e. The van der Waals surface area contributed by atoms with E-state index in [9.17, 15) is 4.79 Å². The Hall–Kier alpha value is -2.92. The van der Waals surface area contributed by atoms with Crippen LogP contribution in [-0.4, -0.2) is 19.9 Å². The molecule has 0 aliphatic rings. The van der Waals surface area contributed by atoms with Crippen LogP contribution >= 0.6 is 11.6 Å². The molecule has 2 N–H and O–H groups in total. The minimum absolute atomic E-state index is 0.0738. The number of nitrogens with one attached hydrogen (secondary N) is 2. The van der Waals surface area contributed by atoms with Gasteiger partial charge in [-0.15, -0.1) is 0 Å². The molecule has 6 heteroatoms. The summed E-state index contributed by atoms with van der Waals surface area (Å²) in [5.41, 5.74) is 6.84. The van der Waals surface area contributed by atoms with Gasteiger partial charge >= 0.3 is 0 Å². The van der Waals surface area contributed by atoms with E-state index >= 15 is 0 Å². The molecule has 0 aromatic carbocycles. The summed E-state index contributed by atoms with van der Waals surface area (Å²) in [6, 6.07) is 9.19. The van der Waals surface area contributed by atoms with Crippen LogP contribution in [0.25, 0.3) is 33.5 Å². The molecular formula is C20H17ClN4O. The number of pyridine rings is 3. The SMILES string of the molecule is Cc1cc(-c2cc3c(=O)cc[nH]c3nc2-c2[nH]c(C)cc2C)cc(Cl)n1. The monoisotopic (exact) mass is 364 g/mol. The lowest BCUT2D eigenvalue weighted by molar-refractivity contribution is 1.19. The van der Waals surface area contributed by atoms with Crippen LogP contribution in [0.3, 0.4) is 0 Å². The van der Waals surface area contributed by atoms with Crippen LogP contribution in [0.1, 0.15) is 17.0 Å². The Morgan fingerprint density at radius 2 is 1.85 bits per heavy atom. The van der Waals surface area contributed by atoms with Crippen molar-refractivity contribution in [3.8, 4) is 22.5 Å². The van der Waals surface area contributed by atoms with E-state index in [2.05, 4.69) is 21.0 Å². The second kappa shape index (κ2) is 6.11. The van der Waals surface area contributed by atoms with Crippen LogP contribution in [0.4, 0.5) is 0 Å². The summed E-state index contributed by atoms with van der Waals surface area (Å²) >= 11 is 6.18. The highest BCUT2D eigenvalue weighted by molar-refractivity contribution is 6.29. The molecule has 0 fully saturated rings. The third kappa shape index (κ3) is 2.80. The fraction of sp³-hybridized carbons (Fsp3) is 0.150. The Balaban J connectivity index is 2.12. The Morgan fingerprint density at radius 1 is 1.04 bits per heavy atom. The molecule has 4 aromatic heterocycles. The van der Waals surface area contributed by atoms with E-state index < -0.39 is 0 Å². The summed E-state index contributed by atoms with van der Waals surface area (Å²) in [5, 5.41) is 0.949. The summed E-state index contributed by atoms with van der Waals surface area (Å²) in [6.45, 7) is 5.93. The number of aromatic nitrogens is 4. The van der Waals surface area contributed by atoms with Crippen molar-refractivity contribution in [3.05, 3.63) is 68.9 Å². The average Bonchev–Trinajstić information content (AvgIpc) is 2.91. The van der Waals surface area contributed by atoms with Gasteiger partial charge in [-0.2, -0.15) is 0 Å². The molecule has 0 amide bonds. The molecule has 26 heavy (non-hydrogen) atoms. The van der Waals surface area contributed by atoms with Crippen LogP contribution in [0.15, 0.2) is 41.3 Å². The molecule has 4 aromatic rings. The van der Waals surface area contributed by atoms with Gasteiger partial charge in [-0.05, 0) is 56.2 Å². The summed E-state index contributed by atoms with van der Waals surface area (Å²) in [5.74, 6) is 0. The second-order valence-electron chi connectivity index (χ2n) is 6.45. The van der Waals surface area contributed by atoms with E-state index in [0.717, 1.165) is 39.5 Å². The van der Waals surface area contributed by atoms with Crippen LogP contribution in [-0.2, 0) is 0 Å². The zero-order chi connectivity index (χ0) is 18.4. The van der Waals surface area contributed by atoms with Crippen molar-refractivity contribution in [2.24, 2.45) is 0 Å². The number of rotatable bonds is 2. The normalized spacial score (nSPS) is 11.2. The second-order valence-corrected chi connectivity index (χ2v) is 6.84. The van der Waals surface area contributed by atoms with Crippen LogP contribution in [0.5, 0.6) is 0 Å². The van der Waals surface area contributed by atoms with Gasteiger partial charge in [-0.1, -0.05) is 11.6 Å². The number of aromatic amines is 2. The number of halogens is 1. The minimum Gasteiger partial charge on any atom is -0.357 e. The highest BCUT2D eigenvalue weighted by Crippen LogP contribution is 2.34. The van der Waals surface area contributed by atoms with Crippen LogP contribution in [0, 0.1) is 20.8 Å². The summed E-state index contributed by atoms with van der Waals surface area (Å²) in [6.07, 6.45) is 1.61. The van der Waals surface area contributed by atoms with Gasteiger partial charge < -0.3 is 9.97 Å². The van der Waals surface area contributed by atoms with E-state index in [1.807, 2.05) is 32.9 Å². The number of aryl methyl sites for hydroxylation is 3. The quantitative estimate of drug-likeness (QED) is 0.512. The molecule has 5 nitrogen and oxygen atoms in total. The van der Waals surface area contributed by atoms with E-state index in [4.69, 9.17) is 16.6 Å². The molecular weight excluding hydrogens is 348 g/mol. The number of H-pyrrole nitrogens is 2. The predicted octanol–water partition coefficient (Wildman–Crippen LogP) is 4.56. The van der Waals surface area contributed by atoms with Gasteiger partial charge in [0.15, 0.2) is 5.43 Å². The van der Waals surface area contributed by atoms with Crippen molar-refractivity contribution in [3.63, 3.8) is 0 Å². The lowest BCUT2D eigenvalue weighted by atomic mass is 9.99. The molecule has 0 saturated heterocycles. The smallest absolute Gasteiger partial charge is 0.191 e. The predicted molar refractivity (Wildman–Crippen MR) is 105 cm³/mol. The highest BCUT2D eigenvalue weighted by atomic mass is 35.5. The maximum atomic E-state index is 12.3. The van der Waals surface area contributed by atoms with Crippen LogP contribution < -0.4 is 5.43 Å². The lowest BCUT2D eigenvalue weighted by Gasteiger charge is -2.12. The molecule has 0 radical (unpaired) electrons. The molecule has 0 unspecified atom stereocenters. The van der Waals surface area contributed by atoms with E-state index in [1.165, 1.54) is 6.07 Å². The first-order chi connectivity index (χ1) is 12.4. The molecule has 0 spiro atoms. The molecule has 0 bridgehead atoms. The number of fused-ring (bicyclic) bond motifs is 1. The Bertz CT molecular complexity index is 1190. The van der Waals surface area contributed by atoms with E-state index in [-0.39, 0.29) is 5.43 Å². The molecule has 4 heterocycles. The van der Waals surface area contributed by atoms with Crippen molar-refractivity contribution in [2.45, 2.75) is 20.8 Å². The zero-order valence-electron chi connectivity index (χ0n) is 14.6. The van der Waals surface area contributed by atoms with E-state index in [1.54, 1.807) is 12.3 Å². The van der Waals surface area contributed by atoms with Gasteiger partial charge in [-0.3, -0.25) is 4.79 Å². The van der Waals surface area contributed by atoms with Gasteiger partial charge in [0.05, 0.1) is 16.8 Å². The van der Waals surface area contributed by atoms with Crippen LogP contribution in [0.2, 0.25) is 5.15 Å². The first kappa shape index (κ1) is 16.5. The molecule has 0 aliphatic carbocycles. The number of hydrogen-bond acceptors (Lipinski definition) is 3. The summed E-state index contributed by atoms with van der Waals surface area (Å²) in [7, 11) is 0. The Morgan fingerprint density at radius 3 is 2.54 bits per heavy atom. The maximum Gasteiger partial charge on any atom is 0.191 e. The van der Waals surface area contributed by atoms with Crippen molar-refractivity contribution in [1.82, 2.24) is 19.9 Å². The Kier molecular flexibility index (Phi) is 3.89. The third-order valence-electron chi connectivity index (χ3n) is 4.36. The summed E-state index contributed by atoms with van der Waals surface area (Å²) < 4.78 is 0. The molecule has 0 atom stereocenters. The van der Waals surface area contributed by atoms with Gasteiger partial charge in [0.1, 0.15) is 10.8 Å². The number of nitrogens with zero attached hydrogens (tertiary/aromatic N) is 2. The van der Waals surface area contributed by atoms with E-state index in [0.29, 0.717) is 16.2 Å². The van der Waals surface area contributed by atoms with Crippen molar-refractivity contribution in [1.29, 1.82) is 0 Å². The minimum atomic E-state index is -0.0738. The average molecular weight is 365 g/mol. The third-order valence-corrected chi connectivity index (χ3v) is 4.56. The van der Waals surface area contributed by atoms with Gasteiger partial charge in [0, 0.05) is 29.2 Å². The molecule has 4 rings (SSSR count). The van der Waals surface area contributed by atoms with Crippen molar-refractivity contribution in [2.75, 3.05) is 0 Å². The zero-order valence-corrected chi connectivity index (χ0v) is 15.4. The Labute approximate surface area is 155 Å². The molecule has 130 valence electrons. The fourth-order valence-electron chi connectivity index (χ4n) is 3.27. The van der Waals surface area contributed by atoms with Gasteiger partial charge in [0.2, 0.25) is 0 Å². The first-order valence-electron chi connectivity index (χ1n) is 8.26. The number of hydrogen-bond donors (Lipinski definition) is 2. The van der Waals surface area contributed by atoms with Crippen molar-refractivity contribution < 1.29 is 0 Å². The van der Waals surface area contributed by atoms with Gasteiger partial charge in [-0.25, -0.2) is 9.97 Å². The summed E-state index contributed by atoms with van der Waals surface area (Å²) in [4.78, 5) is 27.7. The highest BCUT2D eigenvalue weighted by Gasteiger charge is 2.17. The lowest BCUT2D eigenvalue weighted by Crippen LogP contribution is -2.04. The fourth-order valence-corrected chi connectivity index (χ4v) is 3.52. The maximum absolute atomic E-state index is 12.3. The standard InChI is InChI=1S/C20H17ClN4O/c1-10-6-11(2)24-18(10)19-14(13-7-12(3)23-17(21)8-13)9-15-16(26)4-5-22-20(15)25-19/h4-9,24H,1-3H3,(H,22,25,26). The van der Waals surface area contributed by atoms with Crippen molar-refractivity contribution >= 4 is 22.6 Å². The van der Waals surface area contributed by atoms with Gasteiger partial charge in [0.25, 0.3) is 0 Å². The topological polar surface area (TPSA) is 74.4 Å². The molecule has 0 aliphatic heterocycles. The molecule has 0 saturated carbocycles. The first-order valence-corrected chi connectivity index (χ1v) is 8.64.